The normalized spacial score (nSPS) is 13.7. The Bertz CT molecular complexity index is 1320. The fourth-order valence-electron chi connectivity index (χ4n) is 4.69. The summed E-state index contributed by atoms with van der Waals surface area (Å²) < 4.78 is 13.4. The minimum Gasteiger partial charge on any atom is -0.496 e. The van der Waals surface area contributed by atoms with E-state index in [0.717, 1.165) is 50.0 Å². The van der Waals surface area contributed by atoms with E-state index in [1.165, 1.54) is 16.3 Å². The fraction of sp³-hybridized carbons (Fsp3) is 0.321. The highest BCUT2D eigenvalue weighted by molar-refractivity contribution is 5.87. The number of fused-ring (bicyclic) bond motifs is 2. The second-order valence-electron chi connectivity index (χ2n) is 8.88. The highest BCUT2D eigenvalue weighted by atomic mass is 16.5. The summed E-state index contributed by atoms with van der Waals surface area (Å²) in [4.78, 5) is 14.6. The van der Waals surface area contributed by atoms with Gasteiger partial charge in [-0.1, -0.05) is 48.5 Å². The predicted octanol–water partition coefficient (Wildman–Crippen LogP) is 3.24. The molecule has 4 aromatic rings. The molecule has 0 fully saturated rings. The van der Waals surface area contributed by atoms with Crippen LogP contribution < -0.4 is 14.8 Å². The van der Waals surface area contributed by atoms with Crippen molar-refractivity contribution in [3.8, 4) is 11.5 Å². The zero-order valence-corrected chi connectivity index (χ0v) is 20.5. The third kappa shape index (κ3) is 5.49. The summed E-state index contributed by atoms with van der Waals surface area (Å²) in [6.07, 6.45) is 1.46. The maximum Gasteiger partial charge on any atom is 0.257 e. The zero-order valence-electron chi connectivity index (χ0n) is 20.5. The van der Waals surface area contributed by atoms with Crippen molar-refractivity contribution < 1.29 is 14.3 Å². The summed E-state index contributed by atoms with van der Waals surface area (Å²) in [5.74, 6) is 3.35. The number of aromatic nitrogens is 3. The maximum atomic E-state index is 12.2. The minimum absolute atomic E-state index is 0.00541. The summed E-state index contributed by atoms with van der Waals surface area (Å²) >= 11 is 0. The van der Waals surface area contributed by atoms with E-state index in [4.69, 9.17) is 9.47 Å². The van der Waals surface area contributed by atoms with Gasteiger partial charge in [0.15, 0.2) is 6.61 Å². The molecule has 0 saturated carbocycles. The van der Waals surface area contributed by atoms with Gasteiger partial charge in [0, 0.05) is 51.1 Å². The summed E-state index contributed by atoms with van der Waals surface area (Å²) in [6, 6.07) is 21.9. The smallest absolute Gasteiger partial charge is 0.257 e. The first-order chi connectivity index (χ1) is 17.7. The number of carbonyl (C=O) groups is 1. The first kappa shape index (κ1) is 23.8. The summed E-state index contributed by atoms with van der Waals surface area (Å²) in [5, 5.41) is 14.2. The average molecular weight is 486 g/mol. The predicted molar refractivity (Wildman–Crippen MR) is 138 cm³/mol. The van der Waals surface area contributed by atoms with Gasteiger partial charge in [-0.3, -0.25) is 9.69 Å². The number of ether oxygens (including phenoxy) is 2. The van der Waals surface area contributed by atoms with E-state index in [0.29, 0.717) is 18.7 Å². The van der Waals surface area contributed by atoms with Crippen LogP contribution in [-0.4, -0.2) is 58.9 Å². The molecule has 1 N–H and O–H groups in total. The molecule has 1 aliphatic heterocycles. The average Bonchev–Trinajstić information content (AvgIpc) is 3.19. The summed E-state index contributed by atoms with van der Waals surface area (Å²) in [6.45, 7) is 3.91. The van der Waals surface area contributed by atoms with Crippen LogP contribution in [0, 0.1) is 0 Å². The Balaban J connectivity index is 1.16. The van der Waals surface area contributed by atoms with Gasteiger partial charge in [-0.2, -0.15) is 0 Å². The topological polar surface area (TPSA) is 81.5 Å². The van der Waals surface area contributed by atoms with Crippen molar-refractivity contribution in [2.45, 2.75) is 25.9 Å². The van der Waals surface area contributed by atoms with Gasteiger partial charge in [-0.15, -0.1) is 10.2 Å². The van der Waals surface area contributed by atoms with Crippen molar-refractivity contribution in [3.05, 3.63) is 83.9 Å². The number of hydrogen-bond acceptors (Lipinski definition) is 6. The van der Waals surface area contributed by atoms with Gasteiger partial charge in [-0.25, -0.2) is 0 Å². The molecule has 0 atom stereocenters. The van der Waals surface area contributed by atoms with Gasteiger partial charge in [0.2, 0.25) is 0 Å². The molecule has 1 amide bonds. The molecule has 186 valence electrons. The minimum atomic E-state index is -0.148. The Hall–Kier alpha value is -3.91. The lowest BCUT2D eigenvalue weighted by Gasteiger charge is -2.22. The Morgan fingerprint density at radius 1 is 0.972 bits per heavy atom. The Morgan fingerprint density at radius 3 is 2.67 bits per heavy atom. The fourth-order valence-corrected chi connectivity index (χ4v) is 4.69. The molecule has 0 bridgehead atoms. The largest absolute Gasteiger partial charge is 0.496 e. The number of nitrogens with one attached hydrogen (secondary N) is 1. The Morgan fingerprint density at radius 2 is 1.81 bits per heavy atom. The van der Waals surface area contributed by atoms with E-state index in [2.05, 4.69) is 61.4 Å². The van der Waals surface area contributed by atoms with Gasteiger partial charge in [0.1, 0.15) is 23.1 Å². The van der Waals surface area contributed by atoms with Crippen molar-refractivity contribution >= 4 is 16.7 Å². The van der Waals surface area contributed by atoms with Crippen molar-refractivity contribution in [1.82, 2.24) is 25.0 Å². The van der Waals surface area contributed by atoms with Crippen molar-refractivity contribution in [2.24, 2.45) is 0 Å². The SMILES string of the molecule is COc1ccc2ccccc2c1CN1CCc2nnc(CCNC(=O)COc3ccccc3)n2CC1. The first-order valence-corrected chi connectivity index (χ1v) is 12.3. The van der Waals surface area contributed by atoms with Crippen molar-refractivity contribution in [2.75, 3.05) is 33.4 Å². The van der Waals surface area contributed by atoms with Crippen LogP contribution in [0.4, 0.5) is 0 Å². The Kier molecular flexibility index (Phi) is 7.42. The zero-order chi connectivity index (χ0) is 24.7. The van der Waals surface area contributed by atoms with Crippen LogP contribution in [0.2, 0.25) is 0 Å². The standard InChI is InChI=1S/C28H31N5O3/c1-35-25-12-11-21-7-5-6-10-23(21)24(25)19-32-16-14-27-31-30-26(33(27)18-17-32)13-15-29-28(34)20-36-22-8-3-2-4-9-22/h2-12H,13-20H2,1H3,(H,29,34). The number of nitrogens with zero attached hydrogens (tertiary/aromatic N) is 4. The third-order valence-electron chi connectivity index (χ3n) is 6.58. The van der Waals surface area contributed by atoms with Crippen LogP contribution in [0.3, 0.4) is 0 Å². The third-order valence-corrected chi connectivity index (χ3v) is 6.58. The van der Waals surface area contributed by atoms with Crippen LogP contribution in [-0.2, 0) is 30.7 Å². The van der Waals surface area contributed by atoms with Crippen molar-refractivity contribution in [1.29, 1.82) is 0 Å². The molecule has 8 heteroatoms. The molecule has 0 saturated heterocycles. The summed E-state index contributed by atoms with van der Waals surface area (Å²) in [7, 11) is 1.73. The first-order valence-electron chi connectivity index (χ1n) is 12.3. The second kappa shape index (κ2) is 11.2. The second-order valence-corrected chi connectivity index (χ2v) is 8.88. The molecule has 1 aromatic heterocycles. The van der Waals surface area contributed by atoms with Crippen LogP contribution >= 0.6 is 0 Å². The molecule has 36 heavy (non-hydrogen) atoms. The molecule has 5 rings (SSSR count). The molecule has 0 radical (unpaired) electrons. The van der Waals surface area contributed by atoms with Gasteiger partial charge in [-0.05, 0) is 29.0 Å². The van der Waals surface area contributed by atoms with Gasteiger partial charge >= 0.3 is 0 Å². The lowest BCUT2D eigenvalue weighted by Crippen LogP contribution is -2.31. The molecule has 0 aliphatic carbocycles. The molecular formula is C28H31N5O3. The number of amides is 1. The Labute approximate surface area is 210 Å². The van der Waals surface area contributed by atoms with Crippen LogP contribution in [0.1, 0.15) is 17.2 Å². The number of methoxy groups -OCH3 is 1. The summed E-state index contributed by atoms with van der Waals surface area (Å²) in [5.41, 5.74) is 1.22. The quantitative estimate of drug-likeness (QED) is 0.392. The molecule has 1 aliphatic rings. The van der Waals surface area contributed by atoms with E-state index in [1.54, 1.807) is 7.11 Å². The van der Waals surface area contributed by atoms with E-state index < -0.39 is 0 Å². The number of carbonyl (C=O) groups excluding carboxylic acids is 1. The van der Waals surface area contributed by atoms with Gasteiger partial charge in [0.05, 0.1) is 7.11 Å². The molecule has 3 aromatic carbocycles. The van der Waals surface area contributed by atoms with Crippen LogP contribution in [0.5, 0.6) is 11.5 Å². The highest BCUT2D eigenvalue weighted by Crippen LogP contribution is 2.29. The van der Waals surface area contributed by atoms with Crippen LogP contribution in [0.25, 0.3) is 10.8 Å². The van der Waals surface area contributed by atoms with Crippen molar-refractivity contribution in [3.63, 3.8) is 0 Å². The van der Waals surface area contributed by atoms with E-state index >= 15 is 0 Å². The molecule has 0 spiro atoms. The van der Waals surface area contributed by atoms with E-state index in [1.807, 2.05) is 30.3 Å². The maximum absolute atomic E-state index is 12.2. The van der Waals surface area contributed by atoms with Crippen LogP contribution in [0.15, 0.2) is 66.7 Å². The monoisotopic (exact) mass is 485 g/mol. The number of rotatable bonds is 9. The van der Waals surface area contributed by atoms with E-state index in [-0.39, 0.29) is 12.5 Å². The lowest BCUT2D eigenvalue weighted by molar-refractivity contribution is -0.123. The number of hydrogen-bond donors (Lipinski definition) is 1. The number of benzene rings is 3. The lowest BCUT2D eigenvalue weighted by atomic mass is 10.0. The molecule has 8 nitrogen and oxygen atoms in total. The highest BCUT2D eigenvalue weighted by Gasteiger charge is 2.20. The molecule has 0 unspecified atom stereocenters. The number of para-hydroxylation sites is 1. The molecule has 2 heterocycles. The molecular weight excluding hydrogens is 454 g/mol. The van der Waals surface area contributed by atoms with Gasteiger partial charge in [0.25, 0.3) is 5.91 Å². The van der Waals surface area contributed by atoms with E-state index in [9.17, 15) is 4.79 Å². The van der Waals surface area contributed by atoms with Gasteiger partial charge < -0.3 is 19.4 Å².